The van der Waals surface area contributed by atoms with E-state index in [4.69, 9.17) is 29.2 Å². The molecule has 242 valence electrons. The largest absolute Gasteiger partial charge is 0.490 e. The SMILES string of the molecule is CC(COc1cccc(OCC(CSCC2CSCS2)OC(=O)C=CC(=O)O)c1)(OC(=O)C=CC(=O)O)SCC1CSCS1. The minimum absolute atomic E-state index is 0.00253. The fourth-order valence-electron chi connectivity index (χ4n) is 3.54. The van der Waals surface area contributed by atoms with Gasteiger partial charge in [0.1, 0.15) is 30.8 Å². The van der Waals surface area contributed by atoms with E-state index in [1.807, 2.05) is 47.0 Å². The summed E-state index contributed by atoms with van der Waals surface area (Å²) in [5, 5.41) is 20.7. The summed E-state index contributed by atoms with van der Waals surface area (Å²) in [5.74, 6) is 1.11. The number of ether oxygens (including phenoxy) is 4. The van der Waals surface area contributed by atoms with E-state index in [-0.39, 0.29) is 13.2 Å². The minimum atomic E-state index is -1.25. The Labute approximate surface area is 281 Å². The standard InChI is InChI=1S/C28H34O10S6/c1-28(38-27(34)8-6-25(31)32,44-15-23-14-41-18-43-23)16-36-20-4-2-3-19(9-20)35-10-21(37-26(33)7-5-24(29)30)11-39-12-22-13-40-17-42-22/h2-9,21-23H,10-18H2,1H3,(H,29,30)(H,31,32). The molecule has 1 aromatic carbocycles. The van der Waals surface area contributed by atoms with Crippen molar-refractivity contribution in [2.75, 3.05) is 52.1 Å². The average molecular weight is 723 g/mol. The Morgan fingerprint density at radius 1 is 0.932 bits per heavy atom. The molecule has 0 bridgehead atoms. The zero-order valence-electron chi connectivity index (χ0n) is 23.8. The molecule has 0 radical (unpaired) electrons. The van der Waals surface area contributed by atoms with Crippen LogP contribution in [0.1, 0.15) is 6.92 Å². The molecule has 4 atom stereocenters. The zero-order valence-corrected chi connectivity index (χ0v) is 28.7. The predicted molar refractivity (Wildman–Crippen MR) is 183 cm³/mol. The number of hydrogen-bond donors (Lipinski definition) is 2. The number of carboxylic acid groups (broad SMARTS) is 2. The third-order valence-electron chi connectivity index (χ3n) is 5.63. The smallest absolute Gasteiger partial charge is 0.332 e. The van der Waals surface area contributed by atoms with Crippen LogP contribution in [0.25, 0.3) is 0 Å². The molecule has 0 saturated carbocycles. The van der Waals surface area contributed by atoms with Gasteiger partial charge in [0.05, 0.1) is 0 Å². The molecule has 2 heterocycles. The van der Waals surface area contributed by atoms with Gasteiger partial charge in [-0.2, -0.15) is 11.8 Å². The quantitative estimate of drug-likeness (QED) is 0.112. The van der Waals surface area contributed by atoms with E-state index in [1.165, 1.54) is 11.8 Å². The highest BCUT2D eigenvalue weighted by molar-refractivity contribution is 8.20. The molecule has 44 heavy (non-hydrogen) atoms. The van der Waals surface area contributed by atoms with Crippen LogP contribution in [-0.2, 0) is 28.7 Å². The summed E-state index contributed by atoms with van der Waals surface area (Å²) in [7, 11) is 0. The fraction of sp³-hybridized carbons (Fsp3) is 0.500. The molecule has 16 heteroatoms. The van der Waals surface area contributed by atoms with E-state index < -0.39 is 34.9 Å². The Morgan fingerprint density at radius 2 is 1.55 bits per heavy atom. The lowest BCUT2D eigenvalue weighted by molar-refractivity contribution is -0.146. The molecule has 2 saturated heterocycles. The van der Waals surface area contributed by atoms with Gasteiger partial charge in [-0.15, -0.1) is 58.8 Å². The van der Waals surface area contributed by atoms with Gasteiger partial charge < -0.3 is 29.2 Å². The van der Waals surface area contributed by atoms with Crippen LogP contribution in [-0.4, -0.2) is 108 Å². The Hall–Kier alpha value is -1.72. The lowest BCUT2D eigenvalue weighted by Gasteiger charge is -2.29. The van der Waals surface area contributed by atoms with Crippen molar-refractivity contribution in [1.82, 2.24) is 0 Å². The molecule has 10 nitrogen and oxygen atoms in total. The molecule has 0 spiro atoms. The van der Waals surface area contributed by atoms with E-state index in [0.29, 0.717) is 27.8 Å². The van der Waals surface area contributed by atoms with Gasteiger partial charge in [0.15, 0.2) is 4.93 Å². The van der Waals surface area contributed by atoms with Gasteiger partial charge in [0.2, 0.25) is 0 Å². The molecule has 2 fully saturated rings. The molecule has 2 aliphatic heterocycles. The van der Waals surface area contributed by atoms with E-state index in [0.717, 1.165) is 57.5 Å². The second-order valence-electron chi connectivity index (χ2n) is 9.43. The van der Waals surface area contributed by atoms with E-state index in [9.17, 15) is 19.2 Å². The molecule has 0 aliphatic carbocycles. The summed E-state index contributed by atoms with van der Waals surface area (Å²) in [5.41, 5.74) is 0. The van der Waals surface area contributed by atoms with Gasteiger partial charge in [-0.3, -0.25) is 0 Å². The number of carboxylic acids is 2. The average Bonchev–Trinajstić information content (AvgIpc) is 3.71. The molecule has 4 unspecified atom stereocenters. The first kappa shape index (κ1) is 36.7. The first-order chi connectivity index (χ1) is 21.1. The number of rotatable bonds is 19. The van der Waals surface area contributed by atoms with Crippen LogP contribution in [0.4, 0.5) is 0 Å². The second-order valence-corrected chi connectivity index (χ2v) is 17.4. The maximum absolute atomic E-state index is 12.3. The summed E-state index contributed by atoms with van der Waals surface area (Å²) < 4.78 is 23.1. The number of aliphatic carboxylic acids is 2. The Bertz CT molecular complexity index is 1170. The summed E-state index contributed by atoms with van der Waals surface area (Å²) in [6.07, 6.45) is 2.61. The van der Waals surface area contributed by atoms with E-state index >= 15 is 0 Å². The molecule has 3 rings (SSSR count). The highest BCUT2D eigenvalue weighted by Gasteiger charge is 2.32. The fourth-order valence-corrected chi connectivity index (χ4v) is 12.2. The van der Waals surface area contributed by atoms with Crippen LogP contribution < -0.4 is 9.47 Å². The predicted octanol–water partition coefficient (Wildman–Crippen LogP) is 4.98. The van der Waals surface area contributed by atoms with E-state index in [1.54, 1.807) is 43.0 Å². The summed E-state index contributed by atoms with van der Waals surface area (Å²) in [6, 6.07) is 6.87. The molecule has 0 aromatic heterocycles. The topological polar surface area (TPSA) is 146 Å². The van der Waals surface area contributed by atoms with Gasteiger partial charge in [0, 0.05) is 79.8 Å². The van der Waals surface area contributed by atoms with Crippen LogP contribution in [0, 0.1) is 0 Å². The van der Waals surface area contributed by atoms with Crippen LogP contribution in [0.15, 0.2) is 48.6 Å². The number of carbonyl (C=O) groups is 4. The summed E-state index contributed by atoms with van der Waals surface area (Å²) in [4.78, 5) is 45.0. The molecular formula is C28H34O10S6. The van der Waals surface area contributed by atoms with Gasteiger partial charge in [0.25, 0.3) is 0 Å². The number of carbonyl (C=O) groups excluding carboxylic acids is 2. The Kier molecular flexibility index (Phi) is 16.5. The number of thioether (sulfide) groups is 6. The van der Waals surface area contributed by atoms with Crippen molar-refractivity contribution in [2.45, 2.75) is 28.5 Å². The first-order valence-corrected chi connectivity index (χ1v) is 19.9. The highest BCUT2D eigenvalue weighted by Crippen LogP contribution is 2.37. The zero-order chi connectivity index (χ0) is 31.8. The van der Waals surface area contributed by atoms with Crippen molar-refractivity contribution in [3.05, 3.63) is 48.6 Å². The lowest BCUT2D eigenvalue weighted by atomic mass is 10.3. The third kappa shape index (κ3) is 15.0. The van der Waals surface area contributed by atoms with Crippen molar-refractivity contribution in [1.29, 1.82) is 0 Å². The summed E-state index contributed by atoms with van der Waals surface area (Å²) >= 11 is 10.6. The lowest BCUT2D eigenvalue weighted by Crippen LogP contribution is -2.35. The number of esters is 2. The molecular weight excluding hydrogens is 689 g/mol. The number of benzene rings is 1. The number of hydrogen-bond acceptors (Lipinski definition) is 14. The van der Waals surface area contributed by atoms with Crippen molar-refractivity contribution >= 4 is 94.4 Å². The van der Waals surface area contributed by atoms with Gasteiger partial charge in [-0.1, -0.05) is 6.07 Å². The normalized spacial score (nSPS) is 20.3. The van der Waals surface area contributed by atoms with Crippen LogP contribution in [0.3, 0.4) is 0 Å². The molecule has 2 N–H and O–H groups in total. The Balaban J connectivity index is 1.59. The van der Waals surface area contributed by atoms with Crippen LogP contribution in [0.5, 0.6) is 11.5 Å². The van der Waals surface area contributed by atoms with Gasteiger partial charge in [-0.25, -0.2) is 19.2 Å². The molecule has 0 amide bonds. The highest BCUT2D eigenvalue weighted by atomic mass is 32.2. The minimum Gasteiger partial charge on any atom is -0.490 e. The molecule has 1 aromatic rings. The van der Waals surface area contributed by atoms with Crippen molar-refractivity contribution in [2.24, 2.45) is 0 Å². The Morgan fingerprint density at radius 3 is 2.16 bits per heavy atom. The van der Waals surface area contributed by atoms with Crippen LogP contribution >= 0.6 is 70.6 Å². The molecule has 2 aliphatic rings. The van der Waals surface area contributed by atoms with Gasteiger partial charge in [-0.05, 0) is 19.1 Å². The van der Waals surface area contributed by atoms with E-state index in [2.05, 4.69) is 0 Å². The second kappa shape index (κ2) is 19.7. The van der Waals surface area contributed by atoms with Crippen LogP contribution in [0.2, 0.25) is 0 Å². The van der Waals surface area contributed by atoms with Crippen molar-refractivity contribution in [3.63, 3.8) is 0 Å². The van der Waals surface area contributed by atoms with Crippen molar-refractivity contribution < 1.29 is 48.3 Å². The monoisotopic (exact) mass is 722 g/mol. The van der Waals surface area contributed by atoms with Crippen molar-refractivity contribution in [3.8, 4) is 11.5 Å². The maximum atomic E-state index is 12.3. The first-order valence-electron chi connectivity index (χ1n) is 13.3. The maximum Gasteiger partial charge on any atom is 0.332 e. The van der Waals surface area contributed by atoms with Gasteiger partial charge >= 0.3 is 23.9 Å². The third-order valence-corrected chi connectivity index (χ3v) is 14.4. The summed E-state index contributed by atoms with van der Waals surface area (Å²) in [6.45, 7) is 1.78.